The summed E-state index contributed by atoms with van der Waals surface area (Å²) in [5.74, 6) is 1.06. The molecule has 1 amide bonds. The number of fused-ring (bicyclic) bond motifs is 1. The fourth-order valence-corrected chi connectivity index (χ4v) is 2.67. The number of carbonyl (C=O) groups excluding carboxylic acids is 1. The Labute approximate surface area is 118 Å². The standard InChI is InChI=1S/C16H20N2O2/c1-2-18(10-11-4-3-5-11)16(19)15-9-12-8-13(17)6-7-14(12)20-15/h6-9,11H,2-5,10,17H2,1H3. The van der Waals surface area contributed by atoms with Gasteiger partial charge in [0, 0.05) is 24.2 Å². The Morgan fingerprint density at radius 1 is 1.40 bits per heavy atom. The van der Waals surface area contributed by atoms with E-state index in [4.69, 9.17) is 10.2 Å². The minimum absolute atomic E-state index is 0.0193. The fourth-order valence-electron chi connectivity index (χ4n) is 2.67. The number of rotatable bonds is 4. The van der Waals surface area contributed by atoms with Crippen LogP contribution in [0, 0.1) is 5.92 Å². The minimum atomic E-state index is -0.0193. The highest BCUT2D eigenvalue weighted by atomic mass is 16.3. The highest BCUT2D eigenvalue weighted by molar-refractivity contribution is 5.96. The molecule has 4 heteroatoms. The maximum absolute atomic E-state index is 12.5. The van der Waals surface area contributed by atoms with Crippen LogP contribution >= 0.6 is 0 Å². The van der Waals surface area contributed by atoms with Gasteiger partial charge in [-0.25, -0.2) is 0 Å². The first-order chi connectivity index (χ1) is 9.67. The Hall–Kier alpha value is -1.97. The zero-order valence-electron chi connectivity index (χ0n) is 11.8. The maximum Gasteiger partial charge on any atom is 0.289 e. The summed E-state index contributed by atoms with van der Waals surface area (Å²) in [4.78, 5) is 14.4. The molecule has 20 heavy (non-hydrogen) atoms. The summed E-state index contributed by atoms with van der Waals surface area (Å²) in [6.45, 7) is 3.57. The summed E-state index contributed by atoms with van der Waals surface area (Å²) in [7, 11) is 0. The second-order valence-electron chi connectivity index (χ2n) is 5.55. The molecule has 1 aromatic heterocycles. The topological polar surface area (TPSA) is 59.5 Å². The molecule has 0 spiro atoms. The summed E-state index contributed by atoms with van der Waals surface area (Å²) in [6.07, 6.45) is 3.77. The van der Waals surface area contributed by atoms with Gasteiger partial charge in [-0.2, -0.15) is 0 Å². The van der Waals surface area contributed by atoms with Crippen LogP contribution in [0.15, 0.2) is 28.7 Å². The second kappa shape index (κ2) is 5.19. The molecule has 2 aromatic rings. The third-order valence-corrected chi connectivity index (χ3v) is 4.12. The Kier molecular flexibility index (Phi) is 3.38. The molecule has 106 valence electrons. The Balaban J connectivity index is 1.82. The highest BCUT2D eigenvalue weighted by Crippen LogP contribution is 2.28. The van der Waals surface area contributed by atoms with Gasteiger partial charge in [-0.05, 0) is 49.9 Å². The lowest BCUT2D eigenvalue weighted by molar-refractivity contribution is 0.0677. The third-order valence-electron chi connectivity index (χ3n) is 4.12. The highest BCUT2D eigenvalue weighted by Gasteiger charge is 2.25. The first kappa shape index (κ1) is 13.0. The first-order valence-corrected chi connectivity index (χ1v) is 7.25. The van der Waals surface area contributed by atoms with Gasteiger partial charge < -0.3 is 15.1 Å². The smallest absolute Gasteiger partial charge is 0.289 e. The molecule has 1 saturated carbocycles. The molecule has 1 heterocycles. The Morgan fingerprint density at radius 3 is 2.85 bits per heavy atom. The number of nitrogen functional groups attached to an aromatic ring is 1. The molecule has 0 saturated heterocycles. The Bertz CT molecular complexity index is 628. The van der Waals surface area contributed by atoms with Crippen molar-refractivity contribution in [3.63, 3.8) is 0 Å². The lowest BCUT2D eigenvalue weighted by Crippen LogP contribution is -2.37. The van der Waals surface area contributed by atoms with Crippen molar-refractivity contribution in [3.05, 3.63) is 30.0 Å². The lowest BCUT2D eigenvalue weighted by atomic mass is 9.85. The number of nitrogens with two attached hydrogens (primary N) is 1. The van der Waals surface area contributed by atoms with E-state index in [2.05, 4.69) is 0 Å². The molecule has 0 aliphatic heterocycles. The summed E-state index contributed by atoms with van der Waals surface area (Å²) in [5.41, 5.74) is 7.14. The third kappa shape index (κ3) is 2.38. The molecular weight excluding hydrogens is 252 g/mol. The van der Waals surface area contributed by atoms with Gasteiger partial charge in [-0.15, -0.1) is 0 Å². The largest absolute Gasteiger partial charge is 0.451 e. The number of hydrogen-bond acceptors (Lipinski definition) is 3. The number of furan rings is 1. The summed E-state index contributed by atoms with van der Waals surface area (Å²) < 4.78 is 5.65. The van der Waals surface area contributed by atoms with Gasteiger partial charge in [-0.1, -0.05) is 6.42 Å². The zero-order chi connectivity index (χ0) is 14.1. The van der Waals surface area contributed by atoms with Gasteiger partial charge >= 0.3 is 0 Å². The summed E-state index contributed by atoms with van der Waals surface area (Å²) in [5, 5.41) is 0.882. The van der Waals surface area contributed by atoms with Gasteiger partial charge in [-0.3, -0.25) is 4.79 Å². The van der Waals surface area contributed by atoms with E-state index < -0.39 is 0 Å². The number of benzene rings is 1. The number of anilines is 1. The summed E-state index contributed by atoms with van der Waals surface area (Å²) >= 11 is 0. The molecule has 1 aromatic carbocycles. The monoisotopic (exact) mass is 272 g/mol. The number of hydrogen-bond donors (Lipinski definition) is 1. The number of nitrogens with zero attached hydrogens (tertiary/aromatic N) is 1. The van der Waals surface area contributed by atoms with Crippen LogP contribution in [0.2, 0.25) is 0 Å². The molecule has 0 unspecified atom stereocenters. The van der Waals surface area contributed by atoms with Gasteiger partial charge in [0.15, 0.2) is 5.76 Å². The van der Waals surface area contributed by atoms with E-state index >= 15 is 0 Å². The van der Waals surface area contributed by atoms with Crippen molar-refractivity contribution >= 4 is 22.6 Å². The van der Waals surface area contributed by atoms with E-state index in [1.807, 2.05) is 24.0 Å². The average Bonchev–Trinajstić information content (AvgIpc) is 2.80. The van der Waals surface area contributed by atoms with E-state index in [0.29, 0.717) is 29.5 Å². The van der Waals surface area contributed by atoms with Crippen LogP contribution in [0.25, 0.3) is 11.0 Å². The number of carbonyl (C=O) groups is 1. The molecule has 4 nitrogen and oxygen atoms in total. The van der Waals surface area contributed by atoms with Crippen LogP contribution in [0.1, 0.15) is 36.7 Å². The van der Waals surface area contributed by atoms with Gasteiger partial charge in [0.1, 0.15) is 5.58 Å². The maximum atomic E-state index is 12.5. The van der Waals surface area contributed by atoms with Crippen molar-refractivity contribution in [2.45, 2.75) is 26.2 Å². The minimum Gasteiger partial charge on any atom is -0.451 e. The predicted octanol–water partition coefficient (Wildman–Crippen LogP) is 3.28. The van der Waals surface area contributed by atoms with Crippen LogP contribution in [-0.2, 0) is 0 Å². The molecule has 0 bridgehead atoms. The summed E-state index contributed by atoms with van der Waals surface area (Å²) in [6, 6.07) is 7.21. The molecule has 0 atom stereocenters. The fraction of sp³-hybridized carbons (Fsp3) is 0.438. The first-order valence-electron chi connectivity index (χ1n) is 7.25. The van der Waals surface area contributed by atoms with Crippen molar-refractivity contribution in [2.24, 2.45) is 5.92 Å². The quantitative estimate of drug-likeness (QED) is 0.869. The SMILES string of the molecule is CCN(CC1CCC1)C(=O)c1cc2cc(N)ccc2o1. The van der Waals surface area contributed by atoms with Crippen molar-refractivity contribution < 1.29 is 9.21 Å². The lowest BCUT2D eigenvalue weighted by Gasteiger charge is -2.31. The normalized spacial score (nSPS) is 15.2. The van der Waals surface area contributed by atoms with Crippen molar-refractivity contribution in [2.75, 3.05) is 18.8 Å². The number of amides is 1. The molecule has 0 radical (unpaired) electrons. The van der Waals surface area contributed by atoms with Gasteiger partial charge in [0.25, 0.3) is 5.91 Å². The predicted molar refractivity (Wildman–Crippen MR) is 79.5 cm³/mol. The van der Waals surface area contributed by atoms with E-state index in [1.54, 1.807) is 12.1 Å². The average molecular weight is 272 g/mol. The Morgan fingerprint density at radius 2 is 2.20 bits per heavy atom. The van der Waals surface area contributed by atoms with E-state index in [0.717, 1.165) is 11.9 Å². The van der Waals surface area contributed by atoms with Crippen molar-refractivity contribution in [3.8, 4) is 0 Å². The van der Waals surface area contributed by atoms with Crippen LogP contribution < -0.4 is 5.73 Å². The van der Waals surface area contributed by atoms with Crippen LogP contribution in [-0.4, -0.2) is 23.9 Å². The van der Waals surface area contributed by atoms with Crippen molar-refractivity contribution in [1.29, 1.82) is 0 Å². The molecule has 1 aliphatic rings. The van der Waals surface area contributed by atoms with Gasteiger partial charge in [0.2, 0.25) is 0 Å². The zero-order valence-corrected chi connectivity index (χ0v) is 11.8. The van der Waals surface area contributed by atoms with Crippen LogP contribution in [0.3, 0.4) is 0 Å². The second-order valence-corrected chi connectivity index (χ2v) is 5.55. The molecule has 1 aliphatic carbocycles. The van der Waals surface area contributed by atoms with E-state index in [1.165, 1.54) is 19.3 Å². The molecule has 1 fully saturated rings. The van der Waals surface area contributed by atoms with Gasteiger partial charge in [0.05, 0.1) is 0 Å². The van der Waals surface area contributed by atoms with E-state index in [9.17, 15) is 4.79 Å². The van der Waals surface area contributed by atoms with Crippen LogP contribution in [0.5, 0.6) is 0 Å². The molecular formula is C16H20N2O2. The van der Waals surface area contributed by atoms with Crippen LogP contribution in [0.4, 0.5) is 5.69 Å². The van der Waals surface area contributed by atoms with E-state index in [-0.39, 0.29) is 5.91 Å². The van der Waals surface area contributed by atoms with Crippen molar-refractivity contribution in [1.82, 2.24) is 4.90 Å². The molecule has 3 rings (SSSR count). The molecule has 2 N–H and O–H groups in total.